The molecule has 0 aromatic carbocycles. The Morgan fingerprint density at radius 1 is 1.50 bits per heavy atom. The Kier molecular flexibility index (Phi) is 3.85. The van der Waals surface area contributed by atoms with Crippen LogP contribution in [0.1, 0.15) is 25.2 Å². The summed E-state index contributed by atoms with van der Waals surface area (Å²) in [6.45, 7) is 5.93. The summed E-state index contributed by atoms with van der Waals surface area (Å²) in [5.74, 6) is -0.129. The largest absolute Gasteiger partial charge is 0.348 e. The number of rotatable bonds is 4. The van der Waals surface area contributed by atoms with E-state index in [1.54, 1.807) is 29.4 Å². The summed E-state index contributed by atoms with van der Waals surface area (Å²) < 4.78 is 3.31. The molecule has 0 fully saturated rings. The van der Waals surface area contributed by atoms with Crippen molar-refractivity contribution in [2.45, 2.75) is 32.9 Å². The number of aryl methyl sites for hydroxylation is 2. The number of carbonyl (C=O) groups is 1. The number of nitrogens with zero attached hydrogens (tertiary/aromatic N) is 4. The van der Waals surface area contributed by atoms with Gasteiger partial charge < -0.3 is 5.32 Å². The minimum Gasteiger partial charge on any atom is -0.348 e. The van der Waals surface area contributed by atoms with E-state index in [1.807, 2.05) is 20.0 Å². The summed E-state index contributed by atoms with van der Waals surface area (Å²) in [5, 5.41) is 11.7. The Morgan fingerprint density at radius 3 is 2.70 bits per heavy atom. The van der Waals surface area contributed by atoms with E-state index in [0.717, 1.165) is 11.4 Å². The third-order valence-electron chi connectivity index (χ3n) is 3.21. The van der Waals surface area contributed by atoms with Gasteiger partial charge in [-0.3, -0.25) is 14.2 Å². The van der Waals surface area contributed by atoms with Crippen molar-refractivity contribution >= 4 is 17.5 Å². The van der Waals surface area contributed by atoms with Crippen molar-refractivity contribution in [1.82, 2.24) is 24.9 Å². The van der Waals surface area contributed by atoms with Crippen molar-refractivity contribution in [3.05, 3.63) is 34.9 Å². The van der Waals surface area contributed by atoms with Crippen LogP contribution in [0.15, 0.2) is 18.5 Å². The summed E-state index contributed by atoms with van der Waals surface area (Å²) in [4.78, 5) is 12.3. The molecule has 2 heterocycles. The molecule has 1 N–H and O–H groups in total. The van der Waals surface area contributed by atoms with E-state index in [1.165, 1.54) is 6.20 Å². The lowest BCUT2D eigenvalue weighted by Crippen LogP contribution is -2.44. The first kappa shape index (κ1) is 14.6. The molecular weight excluding hydrogens is 278 g/mol. The highest BCUT2D eigenvalue weighted by Crippen LogP contribution is 2.17. The lowest BCUT2D eigenvalue weighted by Gasteiger charge is -2.24. The molecule has 0 unspecified atom stereocenters. The van der Waals surface area contributed by atoms with Gasteiger partial charge >= 0.3 is 0 Å². The van der Waals surface area contributed by atoms with Crippen molar-refractivity contribution in [3.8, 4) is 0 Å². The number of carbonyl (C=O) groups excluding carboxylic acids is 1. The summed E-state index contributed by atoms with van der Waals surface area (Å²) in [6.07, 6.45) is 3.15. The van der Waals surface area contributed by atoms with Crippen molar-refractivity contribution in [3.63, 3.8) is 0 Å². The topological polar surface area (TPSA) is 64.7 Å². The lowest BCUT2D eigenvalue weighted by molar-refractivity contribution is -0.129. The molecule has 0 aliphatic rings. The minimum atomic E-state index is -0.805. The highest BCUT2D eigenvalue weighted by molar-refractivity contribution is 6.30. The van der Waals surface area contributed by atoms with Gasteiger partial charge in [-0.1, -0.05) is 11.6 Å². The second kappa shape index (κ2) is 5.28. The van der Waals surface area contributed by atoms with Crippen molar-refractivity contribution in [2.24, 2.45) is 7.05 Å². The molecule has 0 bridgehead atoms. The second-order valence-corrected chi connectivity index (χ2v) is 5.68. The first-order chi connectivity index (χ1) is 9.30. The van der Waals surface area contributed by atoms with Crippen LogP contribution in [-0.2, 0) is 23.9 Å². The number of hydrogen-bond acceptors (Lipinski definition) is 3. The molecule has 2 rings (SSSR count). The predicted octanol–water partition coefficient (Wildman–Crippen LogP) is 1.63. The van der Waals surface area contributed by atoms with Crippen LogP contribution in [-0.4, -0.2) is 25.5 Å². The fourth-order valence-corrected chi connectivity index (χ4v) is 2.06. The number of halogens is 1. The number of hydrogen-bond donors (Lipinski definition) is 1. The van der Waals surface area contributed by atoms with E-state index in [9.17, 15) is 4.79 Å². The molecule has 0 saturated heterocycles. The zero-order valence-corrected chi connectivity index (χ0v) is 12.8. The summed E-state index contributed by atoms with van der Waals surface area (Å²) >= 11 is 5.84. The molecule has 0 saturated carbocycles. The van der Waals surface area contributed by atoms with Crippen LogP contribution in [0, 0.1) is 6.92 Å². The van der Waals surface area contributed by atoms with Crippen LogP contribution in [0.25, 0.3) is 0 Å². The number of amides is 1. The zero-order valence-electron chi connectivity index (χ0n) is 12.0. The van der Waals surface area contributed by atoms with Crippen LogP contribution in [0.4, 0.5) is 0 Å². The maximum absolute atomic E-state index is 12.3. The van der Waals surface area contributed by atoms with Gasteiger partial charge in [-0.15, -0.1) is 0 Å². The Morgan fingerprint density at radius 2 is 2.20 bits per heavy atom. The summed E-state index contributed by atoms with van der Waals surface area (Å²) in [5.41, 5.74) is 1.07. The maximum atomic E-state index is 12.3. The summed E-state index contributed by atoms with van der Waals surface area (Å²) in [6, 6.07) is 1.94. The smallest absolute Gasteiger partial charge is 0.247 e. The van der Waals surface area contributed by atoms with Crippen molar-refractivity contribution in [2.75, 3.05) is 0 Å². The molecular formula is C13H18ClN5O. The Bertz CT molecular complexity index is 628. The quantitative estimate of drug-likeness (QED) is 0.932. The molecule has 2 aromatic heterocycles. The SMILES string of the molecule is Cc1cc(CNC(=O)C(C)(C)n2cc(Cl)cn2)n(C)n1. The highest BCUT2D eigenvalue weighted by atomic mass is 35.5. The van der Waals surface area contributed by atoms with Gasteiger partial charge in [0.25, 0.3) is 0 Å². The Hall–Kier alpha value is -1.82. The average molecular weight is 296 g/mol. The van der Waals surface area contributed by atoms with Crippen LogP contribution in [0.2, 0.25) is 5.02 Å². The average Bonchev–Trinajstić information content (AvgIpc) is 2.92. The van der Waals surface area contributed by atoms with Gasteiger partial charge in [0.1, 0.15) is 5.54 Å². The van der Waals surface area contributed by atoms with Gasteiger partial charge in [-0.05, 0) is 26.8 Å². The first-order valence-corrected chi connectivity index (χ1v) is 6.67. The molecule has 2 aromatic rings. The van der Waals surface area contributed by atoms with Gasteiger partial charge in [0.05, 0.1) is 29.2 Å². The zero-order chi connectivity index (χ0) is 14.9. The van der Waals surface area contributed by atoms with E-state index in [2.05, 4.69) is 15.5 Å². The lowest BCUT2D eigenvalue weighted by atomic mass is 10.1. The van der Waals surface area contributed by atoms with Crippen LogP contribution in [0.5, 0.6) is 0 Å². The molecule has 0 radical (unpaired) electrons. The van der Waals surface area contributed by atoms with Gasteiger partial charge in [0.15, 0.2) is 0 Å². The van der Waals surface area contributed by atoms with Gasteiger partial charge in [-0.25, -0.2) is 0 Å². The molecule has 1 amide bonds. The predicted molar refractivity (Wildman–Crippen MR) is 76.4 cm³/mol. The molecule has 0 aliphatic heterocycles. The Balaban J connectivity index is 2.06. The molecule has 7 heteroatoms. The number of nitrogens with one attached hydrogen (secondary N) is 1. The van der Waals surface area contributed by atoms with E-state index < -0.39 is 5.54 Å². The summed E-state index contributed by atoms with van der Waals surface area (Å²) in [7, 11) is 1.85. The van der Waals surface area contributed by atoms with Crippen LogP contribution >= 0.6 is 11.6 Å². The molecule has 20 heavy (non-hydrogen) atoms. The fourth-order valence-electron chi connectivity index (χ4n) is 1.93. The fraction of sp³-hybridized carbons (Fsp3) is 0.462. The number of aromatic nitrogens is 4. The first-order valence-electron chi connectivity index (χ1n) is 6.29. The van der Waals surface area contributed by atoms with E-state index in [0.29, 0.717) is 11.6 Å². The molecule has 108 valence electrons. The van der Waals surface area contributed by atoms with Crippen LogP contribution < -0.4 is 5.32 Å². The molecule has 0 aliphatic carbocycles. The van der Waals surface area contributed by atoms with Crippen LogP contribution in [0.3, 0.4) is 0 Å². The van der Waals surface area contributed by atoms with Gasteiger partial charge in [-0.2, -0.15) is 10.2 Å². The van der Waals surface area contributed by atoms with Crippen molar-refractivity contribution < 1.29 is 4.79 Å². The monoisotopic (exact) mass is 295 g/mol. The maximum Gasteiger partial charge on any atom is 0.247 e. The van der Waals surface area contributed by atoms with E-state index in [4.69, 9.17) is 11.6 Å². The molecule has 0 atom stereocenters. The van der Waals surface area contributed by atoms with Crippen molar-refractivity contribution in [1.29, 1.82) is 0 Å². The highest BCUT2D eigenvalue weighted by Gasteiger charge is 2.30. The second-order valence-electron chi connectivity index (χ2n) is 5.25. The van der Waals surface area contributed by atoms with Gasteiger partial charge in [0, 0.05) is 13.2 Å². The third-order valence-corrected chi connectivity index (χ3v) is 3.40. The molecule has 0 spiro atoms. The molecule has 6 nitrogen and oxygen atoms in total. The van der Waals surface area contributed by atoms with E-state index in [-0.39, 0.29) is 5.91 Å². The Labute approximate surface area is 122 Å². The standard InChI is InChI=1S/C13H18ClN5O/c1-9-5-11(18(4)17-9)7-15-12(20)13(2,3)19-8-10(14)6-16-19/h5-6,8H,7H2,1-4H3,(H,15,20). The van der Waals surface area contributed by atoms with Gasteiger partial charge in [0.2, 0.25) is 5.91 Å². The normalized spacial score (nSPS) is 11.7. The van der Waals surface area contributed by atoms with E-state index >= 15 is 0 Å². The minimum absolute atomic E-state index is 0.129. The third kappa shape index (κ3) is 2.85.